The van der Waals surface area contributed by atoms with E-state index in [1.54, 1.807) is 6.07 Å². The Hall–Kier alpha value is -0.890. The molecule has 0 spiro atoms. The van der Waals surface area contributed by atoms with Gasteiger partial charge in [0.25, 0.3) is 0 Å². The summed E-state index contributed by atoms with van der Waals surface area (Å²) < 4.78 is 0. The number of nitrogens with two attached hydrogens (primary N) is 1. The monoisotopic (exact) mass is 198 g/mol. The molecule has 0 aliphatic rings. The summed E-state index contributed by atoms with van der Waals surface area (Å²) in [5, 5.41) is 3.98. The van der Waals surface area contributed by atoms with E-state index in [1.165, 1.54) is 0 Å². The number of halogens is 1. The topological polar surface area (TPSA) is 38.0 Å². The van der Waals surface area contributed by atoms with E-state index in [1.807, 2.05) is 12.1 Å². The Labute approximate surface area is 84.1 Å². The lowest BCUT2D eigenvalue weighted by molar-refractivity contribution is 0.764. The Morgan fingerprint density at radius 1 is 1.54 bits per heavy atom. The molecule has 0 aliphatic heterocycles. The highest BCUT2D eigenvalue weighted by atomic mass is 35.5. The molecule has 1 aromatic rings. The third kappa shape index (κ3) is 2.81. The third-order valence-corrected chi connectivity index (χ3v) is 2.32. The Balaban J connectivity index is 2.77. The normalized spacial score (nSPS) is 12.5. The minimum atomic E-state index is 0.432. The van der Waals surface area contributed by atoms with Crippen molar-refractivity contribution in [2.45, 2.75) is 26.3 Å². The van der Waals surface area contributed by atoms with E-state index < -0.39 is 0 Å². The molecule has 0 aliphatic carbocycles. The first kappa shape index (κ1) is 10.2. The van der Waals surface area contributed by atoms with Gasteiger partial charge in [0.2, 0.25) is 0 Å². The van der Waals surface area contributed by atoms with Crippen LogP contribution in [-0.2, 0) is 0 Å². The first-order valence-electron chi connectivity index (χ1n) is 4.45. The fraction of sp³-hybridized carbons (Fsp3) is 0.400. The van der Waals surface area contributed by atoms with Crippen molar-refractivity contribution >= 4 is 23.0 Å². The molecule has 3 heteroatoms. The first-order chi connectivity index (χ1) is 6.13. The highest BCUT2D eigenvalue weighted by molar-refractivity contribution is 6.33. The van der Waals surface area contributed by atoms with Gasteiger partial charge in [-0.3, -0.25) is 0 Å². The molecular weight excluding hydrogens is 184 g/mol. The molecule has 0 saturated heterocycles. The van der Waals surface area contributed by atoms with Gasteiger partial charge < -0.3 is 11.1 Å². The lowest BCUT2D eigenvalue weighted by Gasteiger charge is -2.14. The minimum Gasteiger partial charge on any atom is -0.399 e. The molecule has 0 aromatic heterocycles. The number of anilines is 2. The van der Waals surface area contributed by atoms with Gasteiger partial charge in [-0.1, -0.05) is 18.5 Å². The molecule has 0 heterocycles. The van der Waals surface area contributed by atoms with Gasteiger partial charge in [-0.2, -0.15) is 0 Å². The number of hydrogen-bond acceptors (Lipinski definition) is 2. The van der Waals surface area contributed by atoms with Crippen molar-refractivity contribution in [1.29, 1.82) is 0 Å². The van der Waals surface area contributed by atoms with E-state index in [0.29, 0.717) is 16.8 Å². The predicted molar refractivity (Wildman–Crippen MR) is 59.2 cm³/mol. The molecule has 72 valence electrons. The standard InChI is InChI=1S/C10H15ClN2/c1-3-7(2)13-10-5-4-8(12)6-9(10)11/h4-7,13H,3,12H2,1-2H3. The lowest BCUT2D eigenvalue weighted by atomic mass is 10.2. The van der Waals surface area contributed by atoms with Crippen molar-refractivity contribution in [2.24, 2.45) is 0 Å². The van der Waals surface area contributed by atoms with Crippen LogP contribution in [0.3, 0.4) is 0 Å². The number of rotatable bonds is 3. The average molecular weight is 199 g/mol. The molecule has 0 bridgehead atoms. The Morgan fingerprint density at radius 3 is 2.77 bits per heavy atom. The smallest absolute Gasteiger partial charge is 0.0658 e. The van der Waals surface area contributed by atoms with Crippen LogP contribution in [0.4, 0.5) is 11.4 Å². The zero-order valence-electron chi connectivity index (χ0n) is 7.97. The van der Waals surface area contributed by atoms with E-state index in [0.717, 1.165) is 12.1 Å². The van der Waals surface area contributed by atoms with Gasteiger partial charge in [-0.15, -0.1) is 0 Å². The number of nitrogens with one attached hydrogen (secondary N) is 1. The molecule has 0 radical (unpaired) electrons. The molecule has 0 fully saturated rings. The Morgan fingerprint density at radius 2 is 2.23 bits per heavy atom. The molecule has 0 saturated carbocycles. The molecule has 1 atom stereocenters. The summed E-state index contributed by atoms with van der Waals surface area (Å²) in [5.41, 5.74) is 7.22. The number of nitrogen functional groups attached to an aromatic ring is 1. The van der Waals surface area contributed by atoms with Crippen molar-refractivity contribution in [2.75, 3.05) is 11.1 Å². The van der Waals surface area contributed by atoms with Crippen LogP contribution >= 0.6 is 11.6 Å². The van der Waals surface area contributed by atoms with Crippen molar-refractivity contribution < 1.29 is 0 Å². The highest BCUT2D eigenvalue weighted by Crippen LogP contribution is 2.24. The highest BCUT2D eigenvalue weighted by Gasteiger charge is 2.02. The Kier molecular flexibility index (Phi) is 3.43. The zero-order valence-corrected chi connectivity index (χ0v) is 8.73. The molecule has 1 rings (SSSR count). The maximum atomic E-state index is 5.99. The summed E-state index contributed by atoms with van der Waals surface area (Å²) in [7, 11) is 0. The van der Waals surface area contributed by atoms with Crippen LogP contribution in [0.5, 0.6) is 0 Å². The summed E-state index contributed by atoms with van der Waals surface area (Å²) in [4.78, 5) is 0. The molecule has 1 unspecified atom stereocenters. The van der Waals surface area contributed by atoms with E-state index in [4.69, 9.17) is 17.3 Å². The van der Waals surface area contributed by atoms with Gasteiger partial charge in [0, 0.05) is 11.7 Å². The maximum absolute atomic E-state index is 5.99. The lowest BCUT2D eigenvalue weighted by Crippen LogP contribution is -2.13. The molecule has 13 heavy (non-hydrogen) atoms. The molecule has 0 amide bonds. The van der Waals surface area contributed by atoms with Gasteiger partial charge in [0.1, 0.15) is 0 Å². The molecular formula is C10H15ClN2. The van der Waals surface area contributed by atoms with Crippen LogP contribution < -0.4 is 11.1 Å². The van der Waals surface area contributed by atoms with Crippen LogP contribution in [-0.4, -0.2) is 6.04 Å². The average Bonchev–Trinajstić information content (AvgIpc) is 2.09. The quantitative estimate of drug-likeness (QED) is 0.733. The van der Waals surface area contributed by atoms with Crippen molar-refractivity contribution in [3.8, 4) is 0 Å². The fourth-order valence-corrected chi connectivity index (χ4v) is 1.26. The summed E-state index contributed by atoms with van der Waals surface area (Å²) in [6, 6.07) is 5.94. The van der Waals surface area contributed by atoms with Crippen LogP contribution in [0.1, 0.15) is 20.3 Å². The minimum absolute atomic E-state index is 0.432. The second kappa shape index (κ2) is 4.38. The summed E-state index contributed by atoms with van der Waals surface area (Å²) in [5.74, 6) is 0. The van der Waals surface area contributed by atoms with E-state index in [2.05, 4.69) is 19.2 Å². The van der Waals surface area contributed by atoms with Crippen LogP contribution in [0.2, 0.25) is 5.02 Å². The summed E-state index contributed by atoms with van der Waals surface area (Å²) in [6.45, 7) is 4.25. The SMILES string of the molecule is CCC(C)Nc1ccc(N)cc1Cl. The predicted octanol–water partition coefficient (Wildman–Crippen LogP) is 3.13. The van der Waals surface area contributed by atoms with Gasteiger partial charge in [0.15, 0.2) is 0 Å². The van der Waals surface area contributed by atoms with Crippen molar-refractivity contribution in [1.82, 2.24) is 0 Å². The van der Waals surface area contributed by atoms with E-state index in [9.17, 15) is 0 Å². The van der Waals surface area contributed by atoms with Gasteiger partial charge >= 0.3 is 0 Å². The summed E-state index contributed by atoms with van der Waals surface area (Å²) >= 11 is 5.99. The second-order valence-electron chi connectivity index (χ2n) is 3.19. The van der Waals surface area contributed by atoms with Crippen molar-refractivity contribution in [3.63, 3.8) is 0 Å². The van der Waals surface area contributed by atoms with E-state index >= 15 is 0 Å². The van der Waals surface area contributed by atoms with Crippen LogP contribution in [0, 0.1) is 0 Å². The molecule has 3 N–H and O–H groups in total. The van der Waals surface area contributed by atoms with Gasteiger partial charge in [-0.05, 0) is 31.5 Å². The van der Waals surface area contributed by atoms with E-state index in [-0.39, 0.29) is 0 Å². The molecule has 2 nitrogen and oxygen atoms in total. The van der Waals surface area contributed by atoms with Gasteiger partial charge in [-0.25, -0.2) is 0 Å². The zero-order chi connectivity index (χ0) is 9.84. The molecule has 1 aromatic carbocycles. The fourth-order valence-electron chi connectivity index (χ4n) is 1.02. The number of hydrogen-bond donors (Lipinski definition) is 2. The third-order valence-electron chi connectivity index (χ3n) is 2.01. The largest absolute Gasteiger partial charge is 0.399 e. The maximum Gasteiger partial charge on any atom is 0.0658 e. The summed E-state index contributed by atoms with van der Waals surface area (Å²) in [6.07, 6.45) is 1.07. The van der Waals surface area contributed by atoms with Gasteiger partial charge in [0.05, 0.1) is 10.7 Å². The first-order valence-corrected chi connectivity index (χ1v) is 4.83. The Bertz CT molecular complexity index is 286. The number of benzene rings is 1. The van der Waals surface area contributed by atoms with Crippen LogP contribution in [0.15, 0.2) is 18.2 Å². The van der Waals surface area contributed by atoms with Crippen molar-refractivity contribution in [3.05, 3.63) is 23.2 Å². The second-order valence-corrected chi connectivity index (χ2v) is 3.60. The van der Waals surface area contributed by atoms with Crippen LogP contribution in [0.25, 0.3) is 0 Å².